The highest BCUT2D eigenvalue weighted by Crippen LogP contribution is 2.18. The van der Waals surface area contributed by atoms with E-state index >= 15 is 0 Å². The number of ether oxygens (including phenoxy) is 1. The molecule has 3 aromatic rings. The molecule has 0 aliphatic heterocycles. The molecule has 0 N–H and O–H groups in total. The molecule has 3 aromatic heterocycles. The molecule has 3 rings (SSSR count). The van der Waals surface area contributed by atoms with Crippen LogP contribution in [0.2, 0.25) is 0 Å². The summed E-state index contributed by atoms with van der Waals surface area (Å²) < 4.78 is 6.74. The summed E-state index contributed by atoms with van der Waals surface area (Å²) in [5.41, 5.74) is 1.06. The zero-order valence-electron chi connectivity index (χ0n) is 13.1. The second kappa shape index (κ2) is 6.89. The third kappa shape index (κ3) is 3.57. The standard InChI is InChI=1S/C16H18N4O2S/c1-12-4-5-13(23-12)11-19(8-9-22-2)16(21)14-10-15-17-6-3-7-20(15)18-14/h3-7,10H,8-9,11H2,1-2H3. The Morgan fingerprint density at radius 1 is 1.43 bits per heavy atom. The molecule has 0 saturated heterocycles. The fraction of sp³-hybridized carbons (Fsp3) is 0.312. The third-order valence-electron chi connectivity index (χ3n) is 3.45. The molecule has 0 bridgehead atoms. The van der Waals surface area contributed by atoms with Gasteiger partial charge in [0.2, 0.25) is 0 Å². The van der Waals surface area contributed by atoms with E-state index in [0.29, 0.717) is 31.0 Å². The number of hydrogen-bond donors (Lipinski definition) is 0. The maximum absolute atomic E-state index is 12.8. The quantitative estimate of drug-likeness (QED) is 0.696. The molecule has 0 saturated carbocycles. The minimum absolute atomic E-state index is 0.112. The number of carbonyl (C=O) groups is 1. The highest BCUT2D eigenvalue weighted by Gasteiger charge is 2.20. The number of nitrogens with zero attached hydrogens (tertiary/aromatic N) is 4. The van der Waals surface area contributed by atoms with Gasteiger partial charge < -0.3 is 9.64 Å². The fourth-order valence-electron chi connectivity index (χ4n) is 2.31. The maximum Gasteiger partial charge on any atom is 0.274 e. The van der Waals surface area contributed by atoms with E-state index in [1.807, 2.05) is 0 Å². The van der Waals surface area contributed by atoms with Crippen LogP contribution in [-0.2, 0) is 11.3 Å². The van der Waals surface area contributed by atoms with Crippen LogP contribution in [0, 0.1) is 6.92 Å². The van der Waals surface area contributed by atoms with E-state index in [-0.39, 0.29) is 5.91 Å². The van der Waals surface area contributed by atoms with Gasteiger partial charge in [0.05, 0.1) is 13.2 Å². The Labute approximate surface area is 138 Å². The molecule has 6 nitrogen and oxygen atoms in total. The summed E-state index contributed by atoms with van der Waals surface area (Å²) in [6.45, 7) is 3.63. The molecule has 120 valence electrons. The van der Waals surface area contributed by atoms with Crippen LogP contribution in [0.5, 0.6) is 0 Å². The number of hydrogen-bond acceptors (Lipinski definition) is 5. The van der Waals surface area contributed by atoms with Gasteiger partial charge in [-0.05, 0) is 25.1 Å². The van der Waals surface area contributed by atoms with Gasteiger partial charge in [0.25, 0.3) is 5.91 Å². The van der Waals surface area contributed by atoms with E-state index in [2.05, 4.69) is 29.1 Å². The van der Waals surface area contributed by atoms with Gasteiger partial charge >= 0.3 is 0 Å². The summed E-state index contributed by atoms with van der Waals surface area (Å²) in [5, 5.41) is 4.31. The summed E-state index contributed by atoms with van der Waals surface area (Å²) in [6.07, 6.45) is 3.46. The summed E-state index contributed by atoms with van der Waals surface area (Å²) in [5.74, 6) is -0.112. The highest BCUT2D eigenvalue weighted by molar-refractivity contribution is 7.11. The Kier molecular flexibility index (Phi) is 4.68. The van der Waals surface area contributed by atoms with Crippen LogP contribution < -0.4 is 0 Å². The van der Waals surface area contributed by atoms with Crippen molar-refractivity contribution in [2.24, 2.45) is 0 Å². The van der Waals surface area contributed by atoms with E-state index in [9.17, 15) is 4.79 Å². The first-order valence-corrected chi connectivity index (χ1v) is 8.13. The van der Waals surface area contributed by atoms with Crippen LogP contribution in [0.4, 0.5) is 0 Å². The minimum atomic E-state index is -0.112. The smallest absolute Gasteiger partial charge is 0.274 e. The summed E-state index contributed by atoms with van der Waals surface area (Å²) in [7, 11) is 1.63. The van der Waals surface area contributed by atoms with Crippen molar-refractivity contribution in [1.29, 1.82) is 0 Å². The lowest BCUT2D eigenvalue weighted by molar-refractivity contribution is 0.0676. The topological polar surface area (TPSA) is 59.7 Å². The van der Waals surface area contributed by atoms with Gasteiger partial charge in [0.15, 0.2) is 11.3 Å². The van der Waals surface area contributed by atoms with Crippen molar-refractivity contribution >= 4 is 22.9 Å². The monoisotopic (exact) mass is 330 g/mol. The van der Waals surface area contributed by atoms with Crippen molar-refractivity contribution in [2.45, 2.75) is 13.5 Å². The Morgan fingerprint density at radius 2 is 2.30 bits per heavy atom. The molecule has 0 radical (unpaired) electrons. The molecule has 1 amide bonds. The number of aryl methyl sites for hydroxylation is 1. The summed E-state index contributed by atoms with van der Waals surface area (Å²) in [4.78, 5) is 21.1. The van der Waals surface area contributed by atoms with Crippen LogP contribution >= 0.6 is 11.3 Å². The Morgan fingerprint density at radius 3 is 3.00 bits per heavy atom. The van der Waals surface area contributed by atoms with Crippen molar-refractivity contribution in [1.82, 2.24) is 19.5 Å². The van der Waals surface area contributed by atoms with Crippen LogP contribution in [0.15, 0.2) is 36.7 Å². The average Bonchev–Trinajstić information content (AvgIpc) is 3.16. The average molecular weight is 330 g/mol. The first-order valence-electron chi connectivity index (χ1n) is 7.31. The van der Waals surface area contributed by atoms with Crippen molar-refractivity contribution in [3.05, 3.63) is 52.1 Å². The normalized spacial score (nSPS) is 11.0. The van der Waals surface area contributed by atoms with Gasteiger partial charge in [0.1, 0.15) is 0 Å². The van der Waals surface area contributed by atoms with E-state index in [1.165, 1.54) is 4.88 Å². The molecule has 3 heterocycles. The SMILES string of the molecule is COCCN(Cc1ccc(C)s1)C(=O)c1cc2ncccn2n1. The lowest BCUT2D eigenvalue weighted by atomic mass is 10.3. The number of amides is 1. The first-order chi connectivity index (χ1) is 11.2. The lowest BCUT2D eigenvalue weighted by Gasteiger charge is -2.20. The highest BCUT2D eigenvalue weighted by atomic mass is 32.1. The third-order valence-corrected chi connectivity index (χ3v) is 4.44. The molecule has 23 heavy (non-hydrogen) atoms. The zero-order chi connectivity index (χ0) is 16.2. The van der Waals surface area contributed by atoms with Gasteiger partial charge in [-0.1, -0.05) is 0 Å². The molecule has 0 aliphatic carbocycles. The van der Waals surface area contributed by atoms with Crippen molar-refractivity contribution in [2.75, 3.05) is 20.3 Å². The summed E-state index contributed by atoms with van der Waals surface area (Å²) >= 11 is 1.69. The van der Waals surface area contributed by atoms with Gasteiger partial charge in [-0.3, -0.25) is 4.79 Å². The van der Waals surface area contributed by atoms with Gasteiger partial charge in [-0.25, -0.2) is 9.50 Å². The van der Waals surface area contributed by atoms with Gasteiger partial charge in [-0.15, -0.1) is 11.3 Å². The number of carbonyl (C=O) groups excluding carboxylic acids is 1. The Bertz CT molecular complexity index is 778. The van der Waals surface area contributed by atoms with Gasteiger partial charge in [0, 0.05) is 41.9 Å². The molecule has 0 aliphatic rings. The molecular weight excluding hydrogens is 312 g/mol. The number of aromatic nitrogens is 3. The van der Waals surface area contributed by atoms with Gasteiger partial charge in [-0.2, -0.15) is 5.10 Å². The van der Waals surface area contributed by atoms with E-state index in [0.717, 1.165) is 4.88 Å². The molecule has 0 aromatic carbocycles. The first kappa shape index (κ1) is 15.6. The second-order valence-electron chi connectivity index (χ2n) is 5.18. The number of thiophene rings is 1. The maximum atomic E-state index is 12.8. The van der Waals surface area contributed by atoms with Crippen LogP contribution in [0.1, 0.15) is 20.2 Å². The van der Waals surface area contributed by atoms with E-state index in [4.69, 9.17) is 4.74 Å². The zero-order valence-corrected chi connectivity index (χ0v) is 13.9. The molecule has 0 atom stereocenters. The number of methoxy groups -OCH3 is 1. The molecule has 0 spiro atoms. The predicted octanol–water partition coefficient (Wildman–Crippen LogP) is 2.39. The lowest BCUT2D eigenvalue weighted by Crippen LogP contribution is -2.33. The van der Waals surface area contributed by atoms with Crippen LogP contribution in [0.25, 0.3) is 5.65 Å². The number of fused-ring (bicyclic) bond motifs is 1. The number of rotatable bonds is 6. The molecule has 0 unspecified atom stereocenters. The fourth-order valence-corrected chi connectivity index (χ4v) is 3.21. The van der Waals surface area contributed by atoms with Crippen molar-refractivity contribution < 1.29 is 9.53 Å². The van der Waals surface area contributed by atoms with Crippen molar-refractivity contribution in [3.63, 3.8) is 0 Å². The molecular formula is C16H18N4O2S. The van der Waals surface area contributed by atoms with E-state index in [1.54, 1.807) is 52.4 Å². The van der Waals surface area contributed by atoms with Crippen LogP contribution in [0.3, 0.4) is 0 Å². The van der Waals surface area contributed by atoms with Crippen molar-refractivity contribution in [3.8, 4) is 0 Å². The largest absolute Gasteiger partial charge is 0.383 e. The Hall–Kier alpha value is -2.25. The predicted molar refractivity (Wildman–Crippen MR) is 88.7 cm³/mol. The van der Waals surface area contributed by atoms with Crippen LogP contribution in [-0.4, -0.2) is 45.7 Å². The molecule has 7 heteroatoms. The Balaban J connectivity index is 1.83. The summed E-state index contributed by atoms with van der Waals surface area (Å²) in [6, 6.07) is 7.61. The second-order valence-corrected chi connectivity index (χ2v) is 6.56. The van der Waals surface area contributed by atoms with E-state index < -0.39 is 0 Å². The molecule has 0 fully saturated rings. The minimum Gasteiger partial charge on any atom is -0.383 e.